The highest BCUT2D eigenvalue weighted by Gasteiger charge is 2.04. The van der Waals surface area contributed by atoms with Crippen molar-refractivity contribution in [1.82, 2.24) is 0 Å². The van der Waals surface area contributed by atoms with Gasteiger partial charge in [-0.05, 0) is 36.6 Å². The summed E-state index contributed by atoms with van der Waals surface area (Å²) >= 11 is 5.82. The molecular weight excluding hydrogens is 158 g/mol. The molecule has 1 aromatic rings. The Hall–Kier alpha value is -0.820. The van der Waals surface area contributed by atoms with Crippen molar-refractivity contribution in [3.63, 3.8) is 0 Å². The smallest absolute Gasteiger partial charge is 0.0658 e. The molecule has 0 saturated carbocycles. The Labute approximate surface area is 70.7 Å². The molecule has 0 fully saturated rings. The lowest BCUT2D eigenvalue weighted by molar-refractivity contribution is 1.03. The van der Waals surface area contributed by atoms with Crippen LogP contribution in [0.2, 0.25) is 5.02 Å². The Morgan fingerprint density at radius 3 is 3.18 bits per heavy atom. The van der Waals surface area contributed by atoms with Crippen LogP contribution < -0.4 is 0 Å². The summed E-state index contributed by atoms with van der Waals surface area (Å²) in [5, 5.41) is 0.806. The van der Waals surface area contributed by atoms with E-state index in [0.29, 0.717) is 0 Å². The molecule has 2 heteroatoms. The fourth-order valence-corrected chi connectivity index (χ4v) is 1.46. The average molecular weight is 166 g/mol. The Balaban J connectivity index is 2.53. The van der Waals surface area contributed by atoms with E-state index in [2.05, 4.69) is 4.99 Å². The van der Waals surface area contributed by atoms with Crippen LogP contribution in [0.25, 0.3) is 0 Å². The number of hydrogen-bond donors (Lipinski definition) is 0. The zero-order valence-corrected chi connectivity index (χ0v) is 6.80. The van der Waals surface area contributed by atoms with Gasteiger partial charge >= 0.3 is 0 Å². The SMILES string of the molecule is Clc1ccc2c(c1)CCC=N2. The van der Waals surface area contributed by atoms with Gasteiger partial charge in [0.05, 0.1) is 5.69 Å². The second-order valence-electron chi connectivity index (χ2n) is 2.62. The van der Waals surface area contributed by atoms with Crippen LogP contribution in [0.4, 0.5) is 5.69 Å². The Morgan fingerprint density at radius 1 is 1.36 bits per heavy atom. The maximum absolute atomic E-state index is 5.82. The number of aryl methyl sites for hydroxylation is 1. The van der Waals surface area contributed by atoms with Crippen LogP contribution in [0.5, 0.6) is 0 Å². The highest BCUT2D eigenvalue weighted by atomic mass is 35.5. The molecule has 0 spiro atoms. The van der Waals surface area contributed by atoms with Gasteiger partial charge in [-0.25, -0.2) is 0 Å². The van der Waals surface area contributed by atoms with Crippen molar-refractivity contribution in [3.05, 3.63) is 28.8 Å². The van der Waals surface area contributed by atoms with E-state index in [4.69, 9.17) is 11.6 Å². The molecule has 0 atom stereocenters. The third kappa shape index (κ3) is 1.29. The number of halogens is 1. The van der Waals surface area contributed by atoms with E-state index < -0.39 is 0 Å². The van der Waals surface area contributed by atoms with E-state index in [-0.39, 0.29) is 0 Å². The van der Waals surface area contributed by atoms with Crippen molar-refractivity contribution < 1.29 is 0 Å². The third-order valence-electron chi connectivity index (χ3n) is 1.81. The predicted molar refractivity (Wildman–Crippen MR) is 47.9 cm³/mol. The van der Waals surface area contributed by atoms with Gasteiger partial charge in [0.15, 0.2) is 0 Å². The van der Waals surface area contributed by atoms with Crippen LogP contribution >= 0.6 is 11.6 Å². The molecule has 0 aromatic heterocycles. The zero-order chi connectivity index (χ0) is 7.68. The van der Waals surface area contributed by atoms with Crippen LogP contribution in [0.15, 0.2) is 23.2 Å². The molecule has 1 aliphatic rings. The average Bonchev–Trinajstić information content (AvgIpc) is 2.04. The molecule has 1 heterocycles. The number of hydrogen-bond acceptors (Lipinski definition) is 1. The van der Waals surface area contributed by atoms with Crippen LogP contribution in [0.3, 0.4) is 0 Å². The maximum Gasteiger partial charge on any atom is 0.0658 e. The molecule has 0 saturated heterocycles. The molecule has 1 aliphatic heterocycles. The fourth-order valence-electron chi connectivity index (χ4n) is 1.26. The van der Waals surface area contributed by atoms with E-state index >= 15 is 0 Å². The molecule has 11 heavy (non-hydrogen) atoms. The van der Waals surface area contributed by atoms with E-state index in [1.807, 2.05) is 24.4 Å². The highest BCUT2D eigenvalue weighted by molar-refractivity contribution is 6.30. The van der Waals surface area contributed by atoms with Gasteiger partial charge in [-0.3, -0.25) is 4.99 Å². The van der Waals surface area contributed by atoms with Gasteiger partial charge in [0.1, 0.15) is 0 Å². The molecule has 0 aliphatic carbocycles. The van der Waals surface area contributed by atoms with E-state index in [0.717, 1.165) is 23.6 Å². The summed E-state index contributed by atoms with van der Waals surface area (Å²) in [6, 6.07) is 5.84. The lowest BCUT2D eigenvalue weighted by Gasteiger charge is -2.08. The Bertz CT molecular complexity index is 304. The molecule has 1 aromatic carbocycles. The van der Waals surface area contributed by atoms with Gasteiger partial charge in [-0.1, -0.05) is 11.6 Å². The van der Waals surface area contributed by atoms with Crippen LogP contribution in [-0.2, 0) is 6.42 Å². The number of nitrogens with zero attached hydrogens (tertiary/aromatic N) is 1. The second-order valence-corrected chi connectivity index (χ2v) is 3.06. The molecular formula is C9H8ClN. The summed E-state index contributed by atoms with van der Waals surface area (Å²) < 4.78 is 0. The number of aliphatic imine (C=N–C) groups is 1. The molecule has 1 nitrogen and oxygen atoms in total. The first-order valence-electron chi connectivity index (χ1n) is 3.67. The van der Waals surface area contributed by atoms with Crippen molar-refractivity contribution in [2.75, 3.05) is 0 Å². The highest BCUT2D eigenvalue weighted by Crippen LogP contribution is 2.26. The molecule has 56 valence electrons. The van der Waals surface area contributed by atoms with Crippen molar-refractivity contribution in [2.24, 2.45) is 4.99 Å². The van der Waals surface area contributed by atoms with Crippen LogP contribution in [-0.4, -0.2) is 6.21 Å². The summed E-state index contributed by atoms with van der Waals surface area (Å²) in [5.74, 6) is 0. The first-order chi connectivity index (χ1) is 5.36. The standard InChI is InChI=1S/C9H8ClN/c10-8-3-4-9-7(6-8)2-1-5-11-9/h3-6H,1-2H2. The first-order valence-corrected chi connectivity index (χ1v) is 4.05. The molecule has 0 amide bonds. The summed E-state index contributed by atoms with van der Waals surface area (Å²) in [5.41, 5.74) is 2.33. The molecule has 0 radical (unpaired) electrons. The fraction of sp³-hybridized carbons (Fsp3) is 0.222. The topological polar surface area (TPSA) is 12.4 Å². The largest absolute Gasteiger partial charge is 0.261 e. The van der Waals surface area contributed by atoms with Gasteiger partial charge in [0.25, 0.3) is 0 Å². The lowest BCUT2D eigenvalue weighted by atomic mass is 10.1. The minimum atomic E-state index is 0.806. The molecule has 2 rings (SSSR count). The Kier molecular flexibility index (Phi) is 1.66. The van der Waals surface area contributed by atoms with E-state index in [1.165, 1.54) is 5.56 Å². The van der Waals surface area contributed by atoms with Crippen molar-refractivity contribution in [1.29, 1.82) is 0 Å². The normalized spacial score (nSPS) is 14.6. The molecule has 0 N–H and O–H groups in total. The summed E-state index contributed by atoms with van der Waals surface area (Å²) in [4.78, 5) is 4.25. The van der Waals surface area contributed by atoms with Gasteiger partial charge < -0.3 is 0 Å². The van der Waals surface area contributed by atoms with E-state index in [1.54, 1.807) is 0 Å². The summed E-state index contributed by atoms with van der Waals surface area (Å²) in [7, 11) is 0. The van der Waals surface area contributed by atoms with Gasteiger partial charge in [-0.15, -0.1) is 0 Å². The monoisotopic (exact) mass is 165 g/mol. The van der Waals surface area contributed by atoms with Gasteiger partial charge in [0.2, 0.25) is 0 Å². The predicted octanol–water partition coefficient (Wildman–Crippen LogP) is 2.99. The lowest BCUT2D eigenvalue weighted by Crippen LogP contribution is -1.92. The number of benzene rings is 1. The molecule has 0 unspecified atom stereocenters. The minimum Gasteiger partial charge on any atom is -0.261 e. The zero-order valence-electron chi connectivity index (χ0n) is 6.05. The quantitative estimate of drug-likeness (QED) is 0.561. The first kappa shape index (κ1) is 6.86. The van der Waals surface area contributed by atoms with Crippen molar-refractivity contribution in [2.45, 2.75) is 12.8 Å². The van der Waals surface area contributed by atoms with Gasteiger partial charge in [0, 0.05) is 11.2 Å². The number of fused-ring (bicyclic) bond motifs is 1. The Morgan fingerprint density at radius 2 is 2.27 bits per heavy atom. The van der Waals surface area contributed by atoms with Crippen molar-refractivity contribution in [3.8, 4) is 0 Å². The summed E-state index contributed by atoms with van der Waals surface area (Å²) in [6.45, 7) is 0. The maximum atomic E-state index is 5.82. The minimum absolute atomic E-state index is 0.806. The van der Waals surface area contributed by atoms with Crippen LogP contribution in [0, 0.1) is 0 Å². The van der Waals surface area contributed by atoms with Crippen LogP contribution in [0.1, 0.15) is 12.0 Å². The van der Waals surface area contributed by atoms with E-state index in [9.17, 15) is 0 Å². The second kappa shape index (κ2) is 2.67. The number of rotatable bonds is 0. The van der Waals surface area contributed by atoms with Crippen molar-refractivity contribution >= 4 is 23.5 Å². The third-order valence-corrected chi connectivity index (χ3v) is 2.05. The summed E-state index contributed by atoms with van der Waals surface area (Å²) in [6.07, 6.45) is 4.06. The van der Waals surface area contributed by atoms with Gasteiger partial charge in [-0.2, -0.15) is 0 Å². The molecule has 0 bridgehead atoms.